The summed E-state index contributed by atoms with van der Waals surface area (Å²) in [5.74, 6) is 0.0719. The van der Waals surface area contributed by atoms with E-state index >= 15 is 0 Å². The van der Waals surface area contributed by atoms with Crippen LogP contribution in [-0.4, -0.2) is 23.5 Å². The average molecular weight is 275 g/mol. The Morgan fingerprint density at radius 2 is 2.05 bits per heavy atom. The molecular formula is C15H17NO2S. The van der Waals surface area contributed by atoms with E-state index in [2.05, 4.69) is 4.98 Å². The summed E-state index contributed by atoms with van der Waals surface area (Å²) in [4.78, 5) is 16.2. The number of ether oxygens (including phenoxy) is 1. The smallest absolute Gasteiger partial charge is 0.165 e. The summed E-state index contributed by atoms with van der Waals surface area (Å²) < 4.78 is 5.29. The zero-order valence-electron chi connectivity index (χ0n) is 11.1. The average Bonchev–Trinajstić information content (AvgIpc) is 2.86. The summed E-state index contributed by atoms with van der Waals surface area (Å²) in [6.07, 6.45) is 0.435. The molecule has 3 nitrogen and oxygen atoms in total. The summed E-state index contributed by atoms with van der Waals surface area (Å²) in [6.45, 7) is 4.01. The number of benzene rings is 1. The van der Waals surface area contributed by atoms with Gasteiger partial charge in [-0.25, -0.2) is 4.98 Å². The van der Waals surface area contributed by atoms with Crippen LogP contribution in [0.4, 0.5) is 0 Å². The molecule has 0 saturated carbocycles. The first-order chi connectivity index (χ1) is 9.15. The minimum absolute atomic E-state index is 0.0719. The lowest BCUT2D eigenvalue weighted by atomic mass is 10.2. The molecule has 0 unspecified atom stereocenters. The number of thiazole rings is 1. The van der Waals surface area contributed by atoms with Gasteiger partial charge in [-0.1, -0.05) is 30.3 Å². The van der Waals surface area contributed by atoms with E-state index < -0.39 is 0 Å². The van der Waals surface area contributed by atoms with Crippen molar-refractivity contribution in [3.63, 3.8) is 0 Å². The predicted octanol–water partition coefficient (Wildman–Crippen LogP) is 3.35. The van der Waals surface area contributed by atoms with Crippen LogP contribution >= 0.6 is 11.3 Å². The Morgan fingerprint density at radius 1 is 1.32 bits per heavy atom. The van der Waals surface area contributed by atoms with Gasteiger partial charge in [0, 0.05) is 10.9 Å². The maximum Gasteiger partial charge on any atom is 0.165 e. The van der Waals surface area contributed by atoms with Crippen molar-refractivity contribution in [2.75, 3.05) is 6.61 Å². The molecular weight excluding hydrogens is 258 g/mol. The molecule has 0 aliphatic heterocycles. The van der Waals surface area contributed by atoms with Gasteiger partial charge in [0.2, 0.25) is 0 Å². The first-order valence-electron chi connectivity index (χ1n) is 6.28. The molecule has 0 aliphatic carbocycles. The molecule has 2 rings (SSSR count). The predicted molar refractivity (Wildman–Crippen MR) is 77.3 cm³/mol. The van der Waals surface area contributed by atoms with Crippen molar-refractivity contribution in [1.82, 2.24) is 4.98 Å². The Kier molecular flexibility index (Phi) is 4.82. The second-order valence-electron chi connectivity index (χ2n) is 4.57. The molecule has 1 aromatic carbocycles. The maximum absolute atomic E-state index is 11.7. The standard InChI is InChI=1S/C15H17NO2S/c1-11(2)18-9-13(17)8-15-16-14(10-19-15)12-6-4-3-5-7-12/h3-7,10-11H,8-9H2,1-2H3. The van der Waals surface area contributed by atoms with E-state index in [1.165, 1.54) is 11.3 Å². The van der Waals surface area contributed by atoms with Crippen molar-refractivity contribution < 1.29 is 9.53 Å². The van der Waals surface area contributed by atoms with Gasteiger partial charge in [0.1, 0.15) is 11.6 Å². The first-order valence-corrected chi connectivity index (χ1v) is 7.16. The third-order valence-corrected chi connectivity index (χ3v) is 3.40. The van der Waals surface area contributed by atoms with Crippen LogP contribution in [0, 0.1) is 0 Å². The van der Waals surface area contributed by atoms with Crippen LogP contribution in [0.15, 0.2) is 35.7 Å². The van der Waals surface area contributed by atoms with E-state index in [1.54, 1.807) is 0 Å². The SMILES string of the molecule is CC(C)OCC(=O)Cc1nc(-c2ccccc2)cs1. The van der Waals surface area contributed by atoms with E-state index in [0.29, 0.717) is 6.42 Å². The maximum atomic E-state index is 11.7. The van der Waals surface area contributed by atoms with Crippen molar-refractivity contribution in [3.05, 3.63) is 40.7 Å². The van der Waals surface area contributed by atoms with Crippen LogP contribution in [-0.2, 0) is 16.0 Å². The lowest BCUT2D eigenvalue weighted by molar-refractivity contribution is -0.124. The molecule has 100 valence electrons. The molecule has 0 aliphatic rings. The number of Topliss-reactive ketones (excluding diaryl/α,β-unsaturated/α-hetero) is 1. The summed E-state index contributed by atoms with van der Waals surface area (Å²) in [5.41, 5.74) is 2.01. The molecule has 4 heteroatoms. The monoisotopic (exact) mass is 275 g/mol. The third-order valence-electron chi connectivity index (χ3n) is 2.55. The number of aromatic nitrogens is 1. The molecule has 0 spiro atoms. The van der Waals surface area contributed by atoms with Crippen LogP contribution in [0.2, 0.25) is 0 Å². The number of hydrogen-bond donors (Lipinski definition) is 0. The zero-order chi connectivity index (χ0) is 13.7. The molecule has 1 heterocycles. The van der Waals surface area contributed by atoms with Gasteiger partial charge in [-0.05, 0) is 13.8 Å². The number of rotatable bonds is 6. The van der Waals surface area contributed by atoms with E-state index in [1.807, 2.05) is 49.6 Å². The van der Waals surface area contributed by atoms with Gasteiger partial charge in [0.05, 0.1) is 18.2 Å². The fourth-order valence-electron chi connectivity index (χ4n) is 1.61. The van der Waals surface area contributed by atoms with E-state index in [9.17, 15) is 4.79 Å². The molecule has 0 N–H and O–H groups in total. The van der Waals surface area contributed by atoms with Gasteiger partial charge in [0.25, 0.3) is 0 Å². The Morgan fingerprint density at radius 3 is 2.74 bits per heavy atom. The van der Waals surface area contributed by atoms with Gasteiger partial charge >= 0.3 is 0 Å². The molecule has 0 radical (unpaired) electrons. The minimum Gasteiger partial charge on any atom is -0.371 e. The highest BCUT2D eigenvalue weighted by atomic mass is 32.1. The molecule has 0 atom stereocenters. The van der Waals surface area contributed by atoms with E-state index in [-0.39, 0.29) is 18.5 Å². The van der Waals surface area contributed by atoms with Gasteiger partial charge < -0.3 is 4.74 Å². The van der Waals surface area contributed by atoms with Gasteiger partial charge in [-0.3, -0.25) is 4.79 Å². The molecule has 1 aromatic heterocycles. The number of ketones is 1. The Hall–Kier alpha value is -1.52. The first kappa shape index (κ1) is 13.9. The Labute approximate surface area is 117 Å². The van der Waals surface area contributed by atoms with Crippen LogP contribution in [0.5, 0.6) is 0 Å². The highest BCUT2D eigenvalue weighted by molar-refractivity contribution is 7.10. The number of nitrogens with zero attached hydrogens (tertiary/aromatic N) is 1. The molecule has 0 amide bonds. The molecule has 0 saturated heterocycles. The second kappa shape index (κ2) is 6.59. The lowest BCUT2D eigenvalue weighted by Gasteiger charge is -2.05. The summed E-state index contributed by atoms with van der Waals surface area (Å²) in [6, 6.07) is 9.97. The molecule has 2 aromatic rings. The fraction of sp³-hybridized carbons (Fsp3) is 0.333. The topological polar surface area (TPSA) is 39.2 Å². The second-order valence-corrected chi connectivity index (χ2v) is 5.51. The number of carbonyl (C=O) groups is 1. The largest absolute Gasteiger partial charge is 0.371 e. The van der Waals surface area contributed by atoms with Gasteiger partial charge in [-0.15, -0.1) is 11.3 Å². The molecule has 0 bridgehead atoms. The fourth-order valence-corrected chi connectivity index (χ4v) is 2.44. The quantitative estimate of drug-likeness (QED) is 0.811. The van der Waals surface area contributed by atoms with Crippen LogP contribution in [0.1, 0.15) is 18.9 Å². The van der Waals surface area contributed by atoms with Crippen molar-refractivity contribution >= 4 is 17.1 Å². The summed E-state index contributed by atoms with van der Waals surface area (Å²) >= 11 is 1.52. The minimum atomic E-state index is 0.0719. The Bertz CT molecular complexity index is 534. The Balaban J connectivity index is 1.96. The van der Waals surface area contributed by atoms with Crippen LogP contribution in [0.25, 0.3) is 11.3 Å². The molecule has 0 fully saturated rings. The van der Waals surface area contributed by atoms with Crippen molar-refractivity contribution in [2.24, 2.45) is 0 Å². The third kappa shape index (κ3) is 4.26. The van der Waals surface area contributed by atoms with Gasteiger partial charge in [0.15, 0.2) is 5.78 Å². The highest BCUT2D eigenvalue weighted by Gasteiger charge is 2.10. The van der Waals surface area contributed by atoms with Crippen molar-refractivity contribution in [2.45, 2.75) is 26.4 Å². The van der Waals surface area contributed by atoms with Crippen LogP contribution in [0.3, 0.4) is 0 Å². The number of hydrogen-bond acceptors (Lipinski definition) is 4. The van der Waals surface area contributed by atoms with Gasteiger partial charge in [-0.2, -0.15) is 0 Å². The summed E-state index contributed by atoms with van der Waals surface area (Å²) in [5, 5.41) is 2.83. The van der Waals surface area contributed by atoms with Crippen molar-refractivity contribution in [1.29, 1.82) is 0 Å². The highest BCUT2D eigenvalue weighted by Crippen LogP contribution is 2.21. The summed E-state index contributed by atoms with van der Waals surface area (Å²) in [7, 11) is 0. The van der Waals surface area contributed by atoms with Crippen molar-refractivity contribution in [3.8, 4) is 11.3 Å². The van der Waals surface area contributed by atoms with E-state index in [0.717, 1.165) is 16.3 Å². The van der Waals surface area contributed by atoms with E-state index in [4.69, 9.17) is 4.74 Å². The normalized spacial score (nSPS) is 10.9. The number of carbonyl (C=O) groups excluding carboxylic acids is 1. The zero-order valence-corrected chi connectivity index (χ0v) is 11.9. The molecule has 19 heavy (non-hydrogen) atoms. The lowest BCUT2D eigenvalue weighted by Crippen LogP contribution is -2.15. The van der Waals surface area contributed by atoms with Crippen LogP contribution < -0.4 is 0 Å².